The number of esters is 2. The van der Waals surface area contributed by atoms with Crippen molar-refractivity contribution in [2.75, 3.05) is 0 Å². The van der Waals surface area contributed by atoms with Crippen molar-refractivity contribution in [3.8, 4) is 33.8 Å². The predicted octanol–water partition coefficient (Wildman–Crippen LogP) is 7.98. The number of rotatable bonds is 8. The minimum Gasteiger partial charge on any atom is -0.426 e. The summed E-state index contributed by atoms with van der Waals surface area (Å²) in [5.74, 6) is 0.292. The molecule has 0 unspecified atom stereocenters. The molecule has 186 valence electrons. The predicted molar refractivity (Wildman–Crippen MR) is 148 cm³/mol. The van der Waals surface area contributed by atoms with Gasteiger partial charge in [0.05, 0.1) is 5.41 Å². The summed E-state index contributed by atoms with van der Waals surface area (Å²) in [5, 5.41) is 0. The average molecular weight is 491 g/mol. The lowest BCUT2D eigenvalue weighted by Crippen LogP contribution is -2.28. The van der Waals surface area contributed by atoms with Crippen molar-refractivity contribution in [2.45, 2.75) is 27.2 Å². The molecule has 37 heavy (non-hydrogen) atoms. The highest BCUT2D eigenvalue weighted by molar-refractivity contribution is 5.89. The Hall–Kier alpha value is -4.44. The molecular formula is C33H30O4. The van der Waals surface area contributed by atoms with Gasteiger partial charge in [-0.15, -0.1) is 0 Å². The first-order valence-electron chi connectivity index (χ1n) is 12.3. The van der Waals surface area contributed by atoms with E-state index in [4.69, 9.17) is 9.47 Å². The second kappa shape index (κ2) is 11.5. The van der Waals surface area contributed by atoms with Gasteiger partial charge >= 0.3 is 11.9 Å². The van der Waals surface area contributed by atoms with E-state index >= 15 is 0 Å². The topological polar surface area (TPSA) is 52.6 Å². The fourth-order valence-electron chi connectivity index (χ4n) is 3.55. The number of hydrogen-bond donors (Lipinski definition) is 0. The Morgan fingerprint density at radius 2 is 1.11 bits per heavy atom. The lowest BCUT2D eigenvalue weighted by atomic mass is 9.91. The van der Waals surface area contributed by atoms with Crippen LogP contribution in [0.15, 0.2) is 109 Å². The van der Waals surface area contributed by atoms with Gasteiger partial charge in [-0.2, -0.15) is 0 Å². The van der Waals surface area contributed by atoms with Gasteiger partial charge in [0.2, 0.25) is 0 Å². The highest BCUT2D eigenvalue weighted by Crippen LogP contribution is 2.27. The van der Waals surface area contributed by atoms with Gasteiger partial charge < -0.3 is 9.47 Å². The molecule has 4 heteroatoms. The lowest BCUT2D eigenvalue weighted by molar-refractivity contribution is -0.144. The average Bonchev–Trinajstić information content (AvgIpc) is 2.93. The van der Waals surface area contributed by atoms with Crippen LogP contribution < -0.4 is 9.47 Å². The SMILES string of the molecule is CCC(C)(C)C(=O)Oc1ccc(-c2ccc(OC(=O)/C=C/c3ccc(-c4ccccc4)cc3)cc2)cc1. The molecule has 0 heterocycles. The fraction of sp³-hybridized carbons (Fsp3) is 0.152. The number of benzene rings is 4. The summed E-state index contributed by atoms with van der Waals surface area (Å²) in [4.78, 5) is 24.6. The molecule has 0 bridgehead atoms. The normalized spacial score (nSPS) is 11.3. The second-order valence-corrected chi connectivity index (χ2v) is 9.42. The fourth-order valence-corrected chi connectivity index (χ4v) is 3.55. The molecular weight excluding hydrogens is 460 g/mol. The van der Waals surface area contributed by atoms with E-state index in [1.165, 1.54) is 6.08 Å². The summed E-state index contributed by atoms with van der Waals surface area (Å²) in [5.41, 5.74) is 4.59. The van der Waals surface area contributed by atoms with Crippen molar-refractivity contribution in [3.63, 3.8) is 0 Å². The highest BCUT2D eigenvalue weighted by Gasteiger charge is 2.27. The third kappa shape index (κ3) is 6.83. The zero-order valence-electron chi connectivity index (χ0n) is 21.3. The van der Waals surface area contributed by atoms with E-state index in [1.54, 1.807) is 30.3 Å². The first-order valence-corrected chi connectivity index (χ1v) is 12.3. The molecule has 0 spiro atoms. The van der Waals surface area contributed by atoms with Crippen LogP contribution in [0.2, 0.25) is 0 Å². The summed E-state index contributed by atoms with van der Waals surface area (Å²) in [7, 11) is 0. The van der Waals surface area contributed by atoms with E-state index in [2.05, 4.69) is 12.1 Å². The number of carbonyl (C=O) groups excluding carboxylic acids is 2. The Balaban J connectivity index is 1.33. The summed E-state index contributed by atoms with van der Waals surface area (Å²) in [6, 6.07) is 32.8. The summed E-state index contributed by atoms with van der Waals surface area (Å²) >= 11 is 0. The van der Waals surface area contributed by atoms with Crippen molar-refractivity contribution < 1.29 is 19.1 Å². The first kappa shape index (κ1) is 25.6. The third-order valence-electron chi connectivity index (χ3n) is 6.34. The minimum absolute atomic E-state index is 0.243. The lowest BCUT2D eigenvalue weighted by Gasteiger charge is -2.20. The molecule has 0 atom stereocenters. The molecule has 4 aromatic carbocycles. The molecule has 4 rings (SSSR count). The van der Waals surface area contributed by atoms with Crippen LogP contribution in [0.25, 0.3) is 28.3 Å². The van der Waals surface area contributed by atoms with Gasteiger partial charge in [0, 0.05) is 6.08 Å². The Labute approximate surface area is 218 Å². The van der Waals surface area contributed by atoms with Gasteiger partial charge in [-0.05, 0) is 78.4 Å². The van der Waals surface area contributed by atoms with Crippen molar-refractivity contribution >= 4 is 18.0 Å². The van der Waals surface area contributed by atoms with Crippen LogP contribution >= 0.6 is 0 Å². The van der Waals surface area contributed by atoms with E-state index in [0.717, 1.165) is 27.8 Å². The largest absolute Gasteiger partial charge is 0.426 e. The molecule has 0 aliphatic rings. The van der Waals surface area contributed by atoms with Gasteiger partial charge in [-0.1, -0.05) is 85.8 Å². The van der Waals surface area contributed by atoms with Gasteiger partial charge in [0.15, 0.2) is 0 Å². The van der Waals surface area contributed by atoms with Gasteiger partial charge in [-0.25, -0.2) is 4.79 Å². The maximum Gasteiger partial charge on any atom is 0.336 e. The summed E-state index contributed by atoms with van der Waals surface area (Å²) < 4.78 is 10.9. The molecule has 0 saturated carbocycles. The van der Waals surface area contributed by atoms with Crippen molar-refractivity contribution in [2.24, 2.45) is 5.41 Å². The van der Waals surface area contributed by atoms with Gasteiger partial charge in [0.1, 0.15) is 11.5 Å². The molecule has 0 amide bonds. The van der Waals surface area contributed by atoms with Crippen LogP contribution in [0.4, 0.5) is 0 Å². The number of hydrogen-bond acceptors (Lipinski definition) is 4. The van der Waals surface area contributed by atoms with Crippen LogP contribution in [-0.4, -0.2) is 11.9 Å². The van der Waals surface area contributed by atoms with E-state index in [0.29, 0.717) is 17.9 Å². The standard InChI is InChI=1S/C33H30O4/c1-4-33(2,3)32(35)37-30-21-17-28(18-22-30)27-15-19-29(20-16-27)36-31(34)23-12-24-10-13-26(14-11-24)25-8-6-5-7-9-25/h5-23H,4H2,1-3H3/b23-12+. The number of ether oxygens (including phenoxy) is 2. The van der Waals surface area contributed by atoms with Crippen molar-refractivity contribution in [3.05, 3.63) is 115 Å². The zero-order chi connectivity index (χ0) is 26.3. The second-order valence-electron chi connectivity index (χ2n) is 9.42. The molecule has 4 aromatic rings. The Morgan fingerprint density at radius 1 is 0.649 bits per heavy atom. The molecule has 0 saturated heterocycles. The summed E-state index contributed by atoms with van der Waals surface area (Å²) in [6.45, 7) is 5.71. The van der Waals surface area contributed by atoms with Crippen LogP contribution in [-0.2, 0) is 9.59 Å². The smallest absolute Gasteiger partial charge is 0.336 e. The Bertz CT molecular complexity index is 1370. The van der Waals surface area contributed by atoms with Gasteiger partial charge in [-0.3, -0.25) is 4.79 Å². The minimum atomic E-state index is -0.520. The zero-order valence-corrected chi connectivity index (χ0v) is 21.3. The maximum atomic E-state index is 12.3. The van der Waals surface area contributed by atoms with E-state index < -0.39 is 11.4 Å². The van der Waals surface area contributed by atoms with Crippen molar-refractivity contribution in [1.29, 1.82) is 0 Å². The Kier molecular flexibility index (Phi) is 7.99. The maximum absolute atomic E-state index is 12.3. The first-order chi connectivity index (χ1) is 17.8. The third-order valence-corrected chi connectivity index (χ3v) is 6.34. The monoisotopic (exact) mass is 490 g/mol. The molecule has 0 fully saturated rings. The molecule has 0 radical (unpaired) electrons. The molecule has 4 nitrogen and oxygen atoms in total. The summed E-state index contributed by atoms with van der Waals surface area (Å²) in [6.07, 6.45) is 3.87. The van der Waals surface area contributed by atoms with Crippen LogP contribution in [0.1, 0.15) is 32.8 Å². The van der Waals surface area contributed by atoms with Gasteiger partial charge in [0.25, 0.3) is 0 Å². The molecule has 0 aliphatic carbocycles. The molecule has 0 aromatic heterocycles. The van der Waals surface area contributed by atoms with E-state index in [9.17, 15) is 9.59 Å². The van der Waals surface area contributed by atoms with Crippen molar-refractivity contribution in [1.82, 2.24) is 0 Å². The van der Waals surface area contributed by atoms with Crippen LogP contribution in [0.3, 0.4) is 0 Å². The van der Waals surface area contributed by atoms with Crippen LogP contribution in [0.5, 0.6) is 11.5 Å². The highest BCUT2D eigenvalue weighted by atomic mass is 16.5. The Morgan fingerprint density at radius 3 is 1.62 bits per heavy atom. The van der Waals surface area contributed by atoms with E-state index in [1.807, 2.05) is 87.5 Å². The molecule has 0 aliphatic heterocycles. The van der Waals surface area contributed by atoms with Crippen LogP contribution in [0, 0.1) is 5.41 Å². The molecule has 0 N–H and O–H groups in total. The quantitative estimate of drug-likeness (QED) is 0.143. The van der Waals surface area contributed by atoms with E-state index in [-0.39, 0.29) is 5.97 Å². The number of carbonyl (C=O) groups is 2.